The van der Waals surface area contributed by atoms with Crippen LogP contribution in [0, 0.1) is 12.7 Å². The highest BCUT2D eigenvalue weighted by Crippen LogP contribution is 2.14. The Balaban J connectivity index is 2.11. The van der Waals surface area contributed by atoms with Crippen LogP contribution in [0.15, 0.2) is 18.5 Å². The first kappa shape index (κ1) is 14.0. The molecule has 0 aromatic carbocycles. The van der Waals surface area contributed by atoms with Crippen molar-refractivity contribution in [2.45, 2.75) is 13.5 Å². The Labute approximate surface area is 116 Å². The molecule has 106 valence electrons. The second kappa shape index (κ2) is 5.68. The molecule has 0 radical (unpaired) electrons. The van der Waals surface area contributed by atoms with Gasteiger partial charge in [0.05, 0.1) is 11.3 Å². The largest absolute Gasteiger partial charge is 0.371 e. The minimum Gasteiger partial charge on any atom is -0.371 e. The average molecular weight is 277 g/mol. The van der Waals surface area contributed by atoms with Crippen LogP contribution in [0.25, 0.3) is 0 Å². The average Bonchev–Trinajstić information content (AvgIpc) is 2.74. The molecule has 0 spiro atoms. The summed E-state index contributed by atoms with van der Waals surface area (Å²) in [7, 11) is 3.35. The van der Waals surface area contributed by atoms with Gasteiger partial charge >= 0.3 is 0 Å². The van der Waals surface area contributed by atoms with E-state index in [4.69, 9.17) is 0 Å². The van der Waals surface area contributed by atoms with Crippen LogP contribution in [0.4, 0.5) is 10.2 Å². The van der Waals surface area contributed by atoms with Crippen molar-refractivity contribution in [3.63, 3.8) is 0 Å². The highest BCUT2D eigenvalue weighted by molar-refractivity contribution is 5.95. The molecule has 0 fully saturated rings. The van der Waals surface area contributed by atoms with E-state index in [0.29, 0.717) is 6.54 Å². The van der Waals surface area contributed by atoms with Crippen molar-refractivity contribution < 1.29 is 9.18 Å². The van der Waals surface area contributed by atoms with Gasteiger partial charge in [0.15, 0.2) is 11.6 Å². The number of hydrogen-bond donors (Lipinski definition) is 2. The Hall–Kier alpha value is -2.44. The van der Waals surface area contributed by atoms with Crippen molar-refractivity contribution in [1.29, 1.82) is 0 Å². The Morgan fingerprint density at radius 2 is 2.25 bits per heavy atom. The third kappa shape index (κ3) is 2.76. The Bertz CT molecular complexity index is 638. The first-order valence-electron chi connectivity index (χ1n) is 6.12. The number of aromatic nitrogens is 3. The van der Waals surface area contributed by atoms with Crippen molar-refractivity contribution in [3.8, 4) is 0 Å². The number of carbonyl (C=O) groups is 1. The van der Waals surface area contributed by atoms with E-state index in [9.17, 15) is 9.18 Å². The van der Waals surface area contributed by atoms with Crippen molar-refractivity contribution >= 4 is 11.7 Å². The summed E-state index contributed by atoms with van der Waals surface area (Å²) in [5, 5.41) is 9.45. The van der Waals surface area contributed by atoms with Crippen LogP contribution in [0.1, 0.15) is 21.6 Å². The molecule has 0 aliphatic rings. The highest BCUT2D eigenvalue weighted by Gasteiger charge is 2.15. The standard InChI is InChI=1S/C13H16FN5O/c1-8-9(7-19(3)18-8)6-17-13(20)10-4-5-16-12(15-2)11(10)14/h4-5,7H,6H2,1-3H3,(H,15,16)(H,17,20). The predicted octanol–water partition coefficient (Wildman–Crippen LogP) is 1.23. The fraction of sp³-hybridized carbons (Fsp3) is 0.308. The lowest BCUT2D eigenvalue weighted by atomic mass is 10.2. The predicted molar refractivity (Wildman–Crippen MR) is 72.9 cm³/mol. The summed E-state index contributed by atoms with van der Waals surface area (Å²) >= 11 is 0. The number of carbonyl (C=O) groups excluding carboxylic acids is 1. The lowest BCUT2D eigenvalue weighted by molar-refractivity contribution is 0.0947. The van der Waals surface area contributed by atoms with Gasteiger partial charge in [0.2, 0.25) is 0 Å². The maximum atomic E-state index is 13.9. The van der Waals surface area contributed by atoms with Crippen LogP contribution in [0.5, 0.6) is 0 Å². The summed E-state index contributed by atoms with van der Waals surface area (Å²) in [6, 6.07) is 1.35. The molecule has 2 N–H and O–H groups in total. The molecular weight excluding hydrogens is 261 g/mol. The fourth-order valence-corrected chi connectivity index (χ4v) is 1.89. The van der Waals surface area contributed by atoms with Crippen LogP contribution >= 0.6 is 0 Å². The Morgan fingerprint density at radius 1 is 1.50 bits per heavy atom. The SMILES string of the molecule is CNc1nccc(C(=O)NCc2cn(C)nc2C)c1F. The van der Waals surface area contributed by atoms with E-state index >= 15 is 0 Å². The summed E-state index contributed by atoms with van der Waals surface area (Å²) in [6.45, 7) is 2.16. The van der Waals surface area contributed by atoms with Crippen LogP contribution < -0.4 is 10.6 Å². The maximum absolute atomic E-state index is 13.9. The molecule has 1 amide bonds. The van der Waals surface area contributed by atoms with Gasteiger partial charge in [-0.2, -0.15) is 5.10 Å². The summed E-state index contributed by atoms with van der Waals surface area (Å²) in [5.41, 5.74) is 1.69. The Morgan fingerprint density at radius 3 is 2.85 bits per heavy atom. The van der Waals surface area contributed by atoms with Crippen LogP contribution in [0.3, 0.4) is 0 Å². The van der Waals surface area contributed by atoms with E-state index in [1.165, 1.54) is 12.3 Å². The molecule has 0 atom stereocenters. The van der Waals surface area contributed by atoms with Gasteiger partial charge in [-0.3, -0.25) is 9.48 Å². The molecule has 2 aromatic rings. The van der Waals surface area contributed by atoms with Crippen molar-refractivity contribution in [2.24, 2.45) is 7.05 Å². The number of pyridine rings is 1. The van der Waals surface area contributed by atoms with Gasteiger partial charge in [-0.1, -0.05) is 0 Å². The van der Waals surface area contributed by atoms with Gasteiger partial charge in [-0.15, -0.1) is 0 Å². The van der Waals surface area contributed by atoms with E-state index < -0.39 is 11.7 Å². The van der Waals surface area contributed by atoms with Crippen LogP contribution in [0.2, 0.25) is 0 Å². The minimum absolute atomic E-state index is 0.0362. The van der Waals surface area contributed by atoms with E-state index in [1.807, 2.05) is 13.1 Å². The van der Waals surface area contributed by atoms with Gasteiger partial charge in [0.1, 0.15) is 0 Å². The lowest BCUT2D eigenvalue weighted by Gasteiger charge is -2.07. The molecular formula is C13H16FN5O. The molecule has 20 heavy (non-hydrogen) atoms. The lowest BCUT2D eigenvalue weighted by Crippen LogP contribution is -2.24. The molecule has 0 bridgehead atoms. The number of halogens is 1. The summed E-state index contributed by atoms with van der Waals surface area (Å²) < 4.78 is 15.6. The van der Waals surface area contributed by atoms with E-state index in [-0.39, 0.29) is 11.4 Å². The third-order valence-corrected chi connectivity index (χ3v) is 2.93. The number of hydrogen-bond acceptors (Lipinski definition) is 4. The van der Waals surface area contributed by atoms with Gasteiger partial charge in [-0.25, -0.2) is 9.37 Å². The molecule has 0 aliphatic carbocycles. The second-order valence-corrected chi connectivity index (χ2v) is 4.37. The van der Waals surface area contributed by atoms with E-state index in [0.717, 1.165) is 11.3 Å². The minimum atomic E-state index is -0.657. The smallest absolute Gasteiger partial charge is 0.254 e. The van der Waals surface area contributed by atoms with Gasteiger partial charge in [0, 0.05) is 38.6 Å². The molecule has 0 saturated heterocycles. The molecule has 2 heterocycles. The normalized spacial score (nSPS) is 10.4. The van der Waals surface area contributed by atoms with Crippen LogP contribution in [-0.4, -0.2) is 27.7 Å². The molecule has 7 heteroatoms. The van der Waals surface area contributed by atoms with E-state index in [1.54, 1.807) is 18.8 Å². The first-order valence-corrected chi connectivity index (χ1v) is 6.12. The van der Waals surface area contributed by atoms with Crippen LogP contribution in [-0.2, 0) is 13.6 Å². The topological polar surface area (TPSA) is 71.8 Å². The monoisotopic (exact) mass is 277 g/mol. The number of nitrogens with one attached hydrogen (secondary N) is 2. The Kier molecular flexibility index (Phi) is 3.97. The highest BCUT2D eigenvalue weighted by atomic mass is 19.1. The van der Waals surface area contributed by atoms with Gasteiger partial charge < -0.3 is 10.6 Å². The zero-order valence-corrected chi connectivity index (χ0v) is 11.6. The van der Waals surface area contributed by atoms with Crippen molar-refractivity contribution in [2.75, 3.05) is 12.4 Å². The molecule has 0 saturated carbocycles. The molecule has 2 aromatic heterocycles. The molecule has 0 aliphatic heterocycles. The first-order chi connectivity index (χ1) is 9.52. The summed E-state index contributed by atoms with van der Waals surface area (Å²) in [4.78, 5) is 15.8. The van der Waals surface area contributed by atoms with E-state index in [2.05, 4.69) is 20.7 Å². The molecule has 6 nitrogen and oxygen atoms in total. The molecule has 2 rings (SSSR count). The number of nitrogens with zero attached hydrogens (tertiary/aromatic N) is 3. The number of amides is 1. The third-order valence-electron chi connectivity index (χ3n) is 2.93. The fourth-order valence-electron chi connectivity index (χ4n) is 1.89. The zero-order valence-electron chi connectivity index (χ0n) is 11.6. The zero-order chi connectivity index (χ0) is 14.7. The van der Waals surface area contributed by atoms with Crippen molar-refractivity contribution in [3.05, 3.63) is 41.1 Å². The summed E-state index contributed by atoms with van der Waals surface area (Å²) in [6.07, 6.45) is 3.21. The number of aryl methyl sites for hydroxylation is 2. The maximum Gasteiger partial charge on any atom is 0.254 e. The van der Waals surface area contributed by atoms with Gasteiger partial charge in [-0.05, 0) is 13.0 Å². The summed E-state index contributed by atoms with van der Waals surface area (Å²) in [5.74, 6) is -1.09. The molecule has 0 unspecified atom stereocenters. The number of rotatable bonds is 4. The quantitative estimate of drug-likeness (QED) is 0.882. The van der Waals surface area contributed by atoms with Gasteiger partial charge in [0.25, 0.3) is 5.91 Å². The van der Waals surface area contributed by atoms with Crippen molar-refractivity contribution in [1.82, 2.24) is 20.1 Å². The second-order valence-electron chi connectivity index (χ2n) is 4.37. The number of anilines is 1.